The Morgan fingerprint density at radius 3 is 2.21 bits per heavy atom. The molecule has 3 aliphatic rings. The monoisotopic (exact) mass is 690 g/mol. The maximum absolute atomic E-state index is 14.2. The van der Waals surface area contributed by atoms with Gasteiger partial charge < -0.3 is 31.3 Å². The summed E-state index contributed by atoms with van der Waals surface area (Å²) in [5, 5.41) is 23.9. The Kier molecular flexibility index (Phi) is 12.6. The summed E-state index contributed by atoms with van der Waals surface area (Å²) in [7, 11) is -3.83. The molecule has 6 atom stereocenters. The Balaban J connectivity index is 1.60. The summed E-state index contributed by atoms with van der Waals surface area (Å²) in [6, 6.07) is 6.27. The van der Waals surface area contributed by atoms with Crippen LogP contribution in [0.15, 0.2) is 30.3 Å². The second-order valence-electron chi connectivity index (χ2n) is 15.6. The van der Waals surface area contributed by atoms with Crippen LogP contribution in [0.1, 0.15) is 72.3 Å². The lowest BCUT2D eigenvalue weighted by Crippen LogP contribution is -2.65. The van der Waals surface area contributed by atoms with Crippen molar-refractivity contribution in [2.24, 2.45) is 11.8 Å². The standard InChI is InChI=1S/C35H58N6O6S/c1-34(2,3)39-31(43)28-21-25-14-10-11-15-26(25)22-41(28)23-29(42)27(20-24-12-8-7-9-13-24)37-32(44)30(35(4,5)48(6,46)47)38-33(45)40-18-16-36-17-19-40/h7-9,12-13,25-30,36,42H,10-11,14-23H2,1-6H3,(H,37,44)(H,38,45)(H,39,43)/t25?,26?,27-,28-,29+,30+/m0/s1. The Labute approximate surface area is 287 Å². The highest BCUT2D eigenvalue weighted by atomic mass is 32.2. The van der Waals surface area contributed by atoms with E-state index in [4.69, 9.17) is 0 Å². The number of carbonyl (C=O) groups is 3. The summed E-state index contributed by atoms with van der Waals surface area (Å²) in [5.41, 5.74) is 0.462. The van der Waals surface area contributed by atoms with Gasteiger partial charge in [0.25, 0.3) is 0 Å². The number of hydrogen-bond acceptors (Lipinski definition) is 8. The quantitative estimate of drug-likeness (QED) is 0.235. The van der Waals surface area contributed by atoms with Crippen LogP contribution in [-0.2, 0) is 25.8 Å². The minimum absolute atomic E-state index is 0.0621. The second-order valence-corrected chi connectivity index (χ2v) is 18.2. The highest BCUT2D eigenvalue weighted by molar-refractivity contribution is 7.92. The van der Waals surface area contributed by atoms with Gasteiger partial charge in [0.2, 0.25) is 11.8 Å². The first-order chi connectivity index (χ1) is 22.5. The lowest BCUT2D eigenvalue weighted by molar-refractivity contribution is -0.133. The fraction of sp³-hybridized carbons (Fsp3) is 0.743. The minimum atomic E-state index is -3.83. The van der Waals surface area contributed by atoms with Crippen molar-refractivity contribution >= 4 is 27.7 Å². The summed E-state index contributed by atoms with van der Waals surface area (Å²) >= 11 is 0. The molecule has 2 heterocycles. The lowest BCUT2D eigenvalue weighted by Gasteiger charge is -2.47. The molecule has 2 unspecified atom stereocenters. The molecule has 0 spiro atoms. The maximum Gasteiger partial charge on any atom is 0.318 e. The van der Waals surface area contributed by atoms with Gasteiger partial charge in [-0.3, -0.25) is 14.5 Å². The van der Waals surface area contributed by atoms with Crippen molar-refractivity contribution in [1.82, 2.24) is 31.1 Å². The predicted octanol–water partition coefficient (Wildman–Crippen LogP) is 1.68. The fourth-order valence-electron chi connectivity index (χ4n) is 7.26. The Morgan fingerprint density at radius 2 is 1.60 bits per heavy atom. The summed E-state index contributed by atoms with van der Waals surface area (Å²) in [5.74, 6) is 0.141. The van der Waals surface area contributed by atoms with Crippen LogP contribution in [-0.4, -0.2) is 121 Å². The molecule has 2 saturated heterocycles. The largest absolute Gasteiger partial charge is 0.390 e. The smallest absolute Gasteiger partial charge is 0.318 e. The molecule has 2 aliphatic heterocycles. The average molecular weight is 691 g/mol. The van der Waals surface area contributed by atoms with E-state index in [1.54, 1.807) is 4.90 Å². The molecule has 0 bridgehead atoms. The SMILES string of the molecule is CC(C)(C)NC(=O)[C@@H]1CC2CCCCC2CN1C[C@@H](O)[C@H](Cc1ccccc1)NC(=O)[C@@H](NC(=O)N1CCNCC1)C(C)(C)S(C)(=O)=O. The van der Waals surface area contributed by atoms with Crippen molar-refractivity contribution in [2.75, 3.05) is 45.5 Å². The van der Waals surface area contributed by atoms with Gasteiger partial charge in [0.1, 0.15) is 6.04 Å². The van der Waals surface area contributed by atoms with Gasteiger partial charge >= 0.3 is 6.03 Å². The molecule has 4 rings (SSSR count). The Hall–Kier alpha value is -2.74. The minimum Gasteiger partial charge on any atom is -0.390 e. The number of urea groups is 1. The number of piperidine rings is 1. The number of nitrogens with zero attached hydrogens (tertiary/aromatic N) is 2. The molecule has 1 saturated carbocycles. The van der Waals surface area contributed by atoms with Gasteiger partial charge in [-0.15, -0.1) is 0 Å². The number of aliphatic hydroxyl groups excluding tert-OH is 1. The summed E-state index contributed by atoms with van der Waals surface area (Å²) in [4.78, 5) is 44.7. The van der Waals surface area contributed by atoms with Crippen LogP contribution in [0, 0.1) is 11.8 Å². The number of aliphatic hydroxyl groups is 1. The maximum atomic E-state index is 14.2. The molecule has 1 aliphatic carbocycles. The summed E-state index contributed by atoms with van der Waals surface area (Å²) in [6.07, 6.45) is 5.46. The van der Waals surface area contributed by atoms with Gasteiger partial charge in [-0.2, -0.15) is 0 Å². The number of hydrogen-bond donors (Lipinski definition) is 5. The number of fused-ring (bicyclic) bond motifs is 1. The topological polar surface area (TPSA) is 160 Å². The van der Waals surface area contributed by atoms with Crippen molar-refractivity contribution in [3.8, 4) is 0 Å². The normalized spacial score (nSPS) is 24.5. The number of benzene rings is 1. The number of likely N-dealkylation sites (tertiary alicyclic amines) is 1. The summed E-state index contributed by atoms with van der Waals surface area (Å²) < 4.78 is 24.3. The van der Waals surface area contributed by atoms with Gasteiger partial charge in [0.05, 0.1) is 22.9 Å². The molecule has 0 aromatic heterocycles. The number of carbonyl (C=O) groups excluding carboxylic acids is 3. The molecule has 3 fully saturated rings. The van der Waals surface area contributed by atoms with Crippen LogP contribution < -0.4 is 21.3 Å². The molecule has 1 aromatic carbocycles. The van der Waals surface area contributed by atoms with Gasteiger partial charge in [0.15, 0.2) is 9.84 Å². The molecule has 13 heteroatoms. The van der Waals surface area contributed by atoms with Crippen LogP contribution in [0.25, 0.3) is 0 Å². The van der Waals surface area contributed by atoms with Crippen molar-refractivity contribution in [2.45, 2.75) is 108 Å². The van der Waals surface area contributed by atoms with Crippen LogP contribution >= 0.6 is 0 Å². The van der Waals surface area contributed by atoms with Crippen molar-refractivity contribution < 1.29 is 27.9 Å². The number of amides is 4. The zero-order valence-corrected chi connectivity index (χ0v) is 30.4. The number of β-amino-alcohol motifs (C(OH)–C–C–N with tert-alkyl or cyclic N) is 1. The van der Waals surface area contributed by atoms with Crippen LogP contribution in [0.5, 0.6) is 0 Å². The van der Waals surface area contributed by atoms with Gasteiger partial charge in [-0.25, -0.2) is 13.2 Å². The average Bonchev–Trinajstić information content (AvgIpc) is 3.02. The number of nitrogens with one attached hydrogen (secondary N) is 4. The molecular weight excluding hydrogens is 632 g/mol. The van der Waals surface area contributed by atoms with E-state index in [1.807, 2.05) is 51.1 Å². The number of sulfone groups is 1. The summed E-state index contributed by atoms with van der Waals surface area (Å²) in [6.45, 7) is 11.6. The van der Waals surface area contributed by atoms with Gasteiger partial charge in [-0.1, -0.05) is 49.6 Å². The molecule has 12 nitrogen and oxygen atoms in total. The third-order valence-corrected chi connectivity index (χ3v) is 12.5. The predicted molar refractivity (Wildman–Crippen MR) is 187 cm³/mol. The van der Waals surface area contributed by atoms with Gasteiger partial charge in [0, 0.05) is 51.1 Å². The van der Waals surface area contributed by atoms with Crippen molar-refractivity contribution in [3.05, 3.63) is 35.9 Å². The number of rotatable bonds is 11. The third-order valence-electron chi connectivity index (χ3n) is 10.4. The molecule has 1 aromatic rings. The van der Waals surface area contributed by atoms with E-state index in [2.05, 4.69) is 26.2 Å². The van der Waals surface area contributed by atoms with E-state index in [-0.39, 0.29) is 18.9 Å². The first-order valence-electron chi connectivity index (χ1n) is 17.5. The van der Waals surface area contributed by atoms with Crippen LogP contribution in [0.3, 0.4) is 0 Å². The third kappa shape index (κ3) is 9.92. The van der Waals surface area contributed by atoms with E-state index in [1.165, 1.54) is 20.3 Å². The fourth-order valence-corrected chi connectivity index (χ4v) is 7.86. The lowest BCUT2D eigenvalue weighted by atomic mass is 9.72. The molecule has 5 N–H and O–H groups in total. The molecule has 48 heavy (non-hydrogen) atoms. The van der Waals surface area contributed by atoms with E-state index in [0.29, 0.717) is 44.6 Å². The first kappa shape index (κ1) is 38.1. The van der Waals surface area contributed by atoms with Gasteiger partial charge in [-0.05, 0) is 71.3 Å². The van der Waals surface area contributed by atoms with E-state index in [0.717, 1.165) is 37.5 Å². The molecular formula is C35H58N6O6S. The van der Waals surface area contributed by atoms with E-state index in [9.17, 15) is 27.9 Å². The highest BCUT2D eigenvalue weighted by Crippen LogP contribution is 2.39. The zero-order chi connectivity index (χ0) is 35.3. The number of piperazine rings is 1. The van der Waals surface area contributed by atoms with E-state index < -0.39 is 56.3 Å². The second kappa shape index (κ2) is 15.9. The van der Waals surface area contributed by atoms with Crippen LogP contribution in [0.2, 0.25) is 0 Å². The Morgan fingerprint density at radius 1 is 0.979 bits per heavy atom. The molecule has 4 amide bonds. The van der Waals surface area contributed by atoms with Crippen molar-refractivity contribution in [1.29, 1.82) is 0 Å². The first-order valence-corrected chi connectivity index (χ1v) is 19.4. The zero-order valence-electron chi connectivity index (χ0n) is 29.6. The molecule has 270 valence electrons. The van der Waals surface area contributed by atoms with Crippen LogP contribution in [0.4, 0.5) is 4.79 Å². The molecule has 0 radical (unpaired) electrons. The highest BCUT2D eigenvalue weighted by Gasteiger charge is 2.46. The Bertz CT molecular complexity index is 1360. The van der Waals surface area contributed by atoms with Crippen molar-refractivity contribution in [3.63, 3.8) is 0 Å². The van der Waals surface area contributed by atoms with E-state index >= 15 is 0 Å².